The fraction of sp³-hybridized carbons (Fsp3) is 0.111. The summed E-state index contributed by atoms with van der Waals surface area (Å²) in [6, 6.07) is 13.0. The van der Waals surface area contributed by atoms with Crippen molar-refractivity contribution in [1.29, 1.82) is 0 Å². The molecule has 3 aromatic rings. The molecule has 0 radical (unpaired) electrons. The summed E-state index contributed by atoms with van der Waals surface area (Å²) in [6.07, 6.45) is -4.54. The van der Waals surface area contributed by atoms with Gasteiger partial charge in [0.05, 0.1) is 11.3 Å². The van der Waals surface area contributed by atoms with Crippen LogP contribution in [-0.4, -0.2) is 27.8 Å². The lowest BCUT2D eigenvalue weighted by Crippen LogP contribution is -2.13. The number of para-hydroxylation sites is 1. The molecule has 0 spiro atoms. The molecule has 2 amide bonds. The minimum absolute atomic E-state index is 0.0884. The topological polar surface area (TPSA) is 84.0 Å². The third kappa shape index (κ3) is 6.03. The molecule has 2 aromatic carbocycles. The number of halogens is 3. The maximum atomic E-state index is 12.8. The Morgan fingerprint density at radius 1 is 1.00 bits per heavy atom. The number of aromatic nitrogens is 2. The van der Waals surface area contributed by atoms with Crippen molar-refractivity contribution in [2.24, 2.45) is 0 Å². The maximum Gasteiger partial charge on any atom is 0.416 e. The van der Waals surface area contributed by atoms with E-state index in [-0.39, 0.29) is 22.4 Å². The van der Waals surface area contributed by atoms with Gasteiger partial charge in [-0.3, -0.25) is 14.9 Å². The van der Waals surface area contributed by atoms with Crippen molar-refractivity contribution >= 4 is 45.7 Å². The van der Waals surface area contributed by atoms with Gasteiger partial charge >= 0.3 is 6.18 Å². The van der Waals surface area contributed by atoms with Crippen molar-refractivity contribution in [3.63, 3.8) is 0 Å². The van der Waals surface area contributed by atoms with Gasteiger partial charge in [-0.1, -0.05) is 47.4 Å². The van der Waals surface area contributed by atoms with Gasteiger partial charge in [-0.15, -0.1) is 10.2 Å². The number of anilines is 2. The van der Waals surface area contributed by atoms with Crippen LogP contribution in [0.3, 0.4) is 0 Å². The van der Waals surface area contributed by atoms with E-state index in [1.54, 1.807) is 24.3 Å². The minimum atomic E-state index is -4.54. The quantitative estimate of drug-likeness (QED) is 0.436. The summed E-state index contributed by atoms with van der Waals surface area (Å²) in [7, 11) is 0. The summed E-state index contributed by atoms with van der Waals surface area (Å²) in [4.78, 5) is 24.1. The number of carbonyl (C=O) groups excluding carboxylic acids is 2. The number of rotatable bonds is 6. The lowest BCUT2D eigenvalue weighted by molar-refractivity contribution is -0.137. The molecular formula is C18H13F3N4O2S2. The molecule has 0 bridgehead atoms. The molecule has 0 fully saturated rings. The zero-order valence-corrected chi connectivity index (χ0v) is 16.2. The number of nitrogens with one attached hydrogen (secondary N) is 2. The van der Waals surface area contributed by atoms with Crippen LogP contribution in [0.4, 0.5) is 24.0 Å². The first-order chi connectivity index (χ1) is 13.8. The van der Waals surface area contributed by atoms with E-state index in [0.717, 1.165) is 41.3 Å². The summed E-state index contributed by atoms with van der Waals surface area (Å²) >= 11 is 2.15. The molecular weight excluding hydrogens is 425 g/mol. The Morgan fingerprint density at radius 3 is 2.48 bits per heavy atom. The molecule has 0 unspecified atom stereocenters. The van der Waals surface area contributed by atoms with Gasteiger partial charge in [0.15, 0.2) is 4.34 Å². The van der Waals surface area contributed by atoms with Crippen LogP contribution in [-0.2, 0) is 11.0 Å². The van der Waals surface area contributed by atoms with Gasteiger partial charge < -0.3 is 5.32 Å². The molecule has 29 heavy (non-hydrogen) atoms. The first-order valence-electron chi connectivity index (χ1n) is 8.11. The van der Waals surface area contributed by atoms with Gasteiger partial charge in [-0.05, 0) is 30.3 Å². The van der Waals surface area contributed by atoms with Crippen molar-refractivity contribution in [2.75, 3.05) is 16.4 Å². The molecule has 2 N–H and O–H groups in total. The summed E-state index contributed by atoms with van der Waals surface area (Å²) in [5, 5.41) is 12.9. The Morgan fingerprint density at radius 2 is 1.76 bits per heavy atom. The van der Waals surface area contributed by atoms with Crippen LogP contribution in [0.15, 0.2) is 58.9 Å². The van der Waals surface area contributed by atoms with Crippen molar-refractivity contribution < 1.29 is 22.8 Å². The zero-order chi connectivity index (χ0) is 20.9. The van der Waals surface area contributed by atoms with E-state index in [9.17, 15) is 22.8 Å². The number of carbonyl (C=O) groups is 2. The second kappa shape index (κ2) is 9.05. The second-order valence-corrected chi connectivity index (χ2v) is 7.81. The second-order valence-electron chi connectivity index (χ2n) is 5.61. The Balaban J connectivity index is 1.55. The van der Waals surface area contributed by atoms with Crippen LogP contribution in [0.2, 0.25) is 0 Å². The Labute approximate surface area is 171 Å². The van der Waals surface area contributed by atoms with Crippen LogP contribution in [0, 0.1) is 0 Å². The molecule has 3 rings (SSSR count). The highest BCUT2D eigenvalue weighted by Crippen LogP contribution is 2.30. The van der Waals surface area contributed by atoms with Gasteiger partial charge in [0.2, 0.25) is 11.0 Å². The average Bonchev–Trinajstić information content (AvgIpc) is 3.14. The molecule has 0 saturated carbocycles. The zero-order valence-electron chi connectivity index (χ0n) is 14.6. The first-order valence-corrected chi connectivity index (χ1v) is 9.91. The number of benzene rings is 2. The summed E-state index contributed by atoms with van der Waals surface area (Å²) in [5.74, 6) is -0.873. The van der Waals surface area contributed by atoms with Crippen molar-refractivity contribution in [1.82, 2.24) is 10.2 Å². The molecule has 0 aliphatic carbocycles. The summed E-state index contributed by atoms with van der Waals surface area (Å²) in [6.45, 7) is 0. The monoisotopic (exact) mass is 438 g/mol. The van der Waals surface area contributed by atoms with E-state index in [1.165, 1.54) is 6.07 Å². The van der Waals surface area contributed by atoms with Gasteiger partial charge in [-0.25, -0.2) is 0 Å². The highest BCUT2D eigenvalue weighted by Gasteiger charge is 2.31. The number of thioether (sulfide) groups is 1. The number of hydrogen-bond donors (Lipinski definition) is 2. The fourth-order valence-electron chi connectivity index (χ4n) is 2.17. The van der Waals surface area contributed by atoms with E-state index in [2.05, 4.69) is 20.8 Å². The molecule has 0 aliphatic rings. The number of nitrogens with zero attached hydrogens (tertiary/aromatic N) is 2. The SMILES string of the molecule is O=C(CSc1nnc(NC(=O)c2cccc(C(F)(F)F)c2)s1)Nc1ccccc1. The molecule has 0 atom stereocenters. The molecule has 1 heterocycles. The molecule has 150 valence electrons. The highest BCUT2D eigenvalue weighted by molar-refractivity contribution is 8.01. The third-order valence-electron chi connectivity index (χ3n) is 3.46. The van der Waals surface area contributed by atoms with E-state index in [4.69, 9.17) is 0 Å². The van der Waals surface area contributed by atoms with Crippen LogP contribution < -0.4 is 10.6 Å². The smallest absolute Gasteiger partial charge is 0.325 e. The maximum absolute atomic E-state index is 12.8. The Hall–Kier alpha value is -2.92. The van der Waals surface area contributed by atoms with E-state index in [0.29, 0.717) is 10.0 Å². The van der Waals surface area contributed by atoms with Crippen LogP contribution in [0.5, 0.6) is 0 Å². The molecule has 0 aliphatic heterocycles. The standard InChI is InChI=1S/C18H13F3N4O2S2/c19-18(20,21)12-6-4-5-11(9-12)15(27)23-16-24-25-17(29-16)28-10-14(26)22-13-7-2-1-3-8-13/h1-9H,10H2,(H,22,26)(H,23,24,27). The molecule has 1 aromatic heterocycles. The number of hydrogen-bond acceptors (Lipinski definition) is 6. The summed E-state index contributed by atoms with van der Waals surface area (Å²) in [5.41, 5.74) is -0.390. The molecule has 0 saturated heterocycles. The fourth-order valence-corrected chi connectivity index (χ4v) is 3.72. The average molecular weight is 438 g/mol. The normalized spacial score (nSPS) is 11.1. The third-order valence-corrected chi connectivity index (χ3v) is 5.44. The van der Waals surface area contributed by atoms with Crippen LogP contribution in [0.25, 0.3) is 0 Å². The van der Waals surface area contributed by atoms with Crippen LogP contribution in [0.1, 0.15) is 15.9 Å². The molecule has 11 heteroatoms. The van der Waals surface area contributed by atoms with E-state index >= 15 is 0 Å². The van der Waals surface area contributed by atoms with Gasteiger partial charge in [0.25, 0.3) is 5.91 Å². The lowest BCUT2D eigenvalue weighted by Gasteiger charge is -2.08. The summed E-state index contributed by atoms with van der Waals surface area (Å²) < 4.78 is 38.7. The predicted molar refractivity (Wildman–Crippen MR) is 105 cm³/mol. The van der Waals surface area contributed by atoms with Gasteiger partial charge in [0.1, 0.15) is 0 Å². The molecule has 6 nitrogen and oxygen atoms in total. The van der Waals surface area contributed by atoms with Crippen molar-refractivity contribution in [2.45, 2.75) is 10.5 Å². The van der Waals surface area contributed by atoms with Crippen molar-refractivity contribution in [3.05, 3.63) is 65.7 Å². The van der Waals surface area contributed by atoms with Gasteiger partial charge in [0, 0.05) is 11.3 Å². The minimum Gasteiger partial charge on any atom is -0.325 e. The van der Waals surface area contributed by atoms with E-state index < -0.39 is 17.6 Å². The van der Waals surface area contributed by atoms with Crippen molar-refractivity contribution in [3.8, 4) is 0 Å². The predicted octanol–water partition coefficient (Wildman–Crippen LogP) is 4.54. The van der Waals surface area contributed by atoms with Gasteiger partial charge in [-0.2, -0.15) is 13.2 Å². The first kappa shape index (κ1) is 20.8. The largest absolute Gasteiger partial charge is 0.416 e. The van der Waals surface area contributed by atoms with Crippen LogP contribution >= 0.6 is 23.1 Å². The number of alkyl halides is 3. The Kier molecular flexibility index (Phi) is 6.49. The number of amides is 2. The Bertz CT molecular complexity index is 1010. The van der Waals surface area contributed by atoms with E-state index in [1.807, 2.05) is 6.07 Å². The highest BCUT2D eigenvalue weighted by atomic mass is 32.2. The lowest BCUT2D eigenvalue weighted by atomic mass is 10.1.